The molecular formula is C38H41F2N11O4S. The maximum absolute atomic E-state index is 15.6. The van der Waals surface area contributed by atoms with E-state index in [1.54, 1.807) is 31.6 Å². The van der Waals surface area contributed by atoms with Gasteiger partial charge in [-0.15, -0.1) is 0 Å². The number of hydrogen-bond acceptors (Lipinski definition) is 11. The van der Waals surface area contributed by atoms with Crippen LogP contribution in [0.2, 0.25) is 0 Å². The molecule has 1 spiro atoms. The number of hydrogen-bond donors (Lipinski definition) is 3. The fourth-order valence-electron chi connectivity index (χ4n) is 7.64. The van der Waals surface area contributed by atoms with Crippen molar-refractivity contribution < 1.29 is 26.8 Å². The van der Waals surface area contributed by atoms with Crippen LogP contribution in [0.5, 0.6) is 0 Å². The van der Waals surface area contributed by atoms with E-state index in [4.69, 9.17) is 5.73 Å². The van der Waals surface area contributed by atoms with Crippen LogP contribution in [0.1, 0.15) is 22.8 Å². The minimum atomic E-state index is -4.14. The van der Waals surface area contributed by atoms with Crippen molar-refractivity contribution in [3.8, 4) is 11.1 Å². The summed E-state index contributed by atoms with van der Waals surface area (Å²) in [6.45, 7) is 8.21. The number of ketones is 1. The summed E-state index contributed by atoms with van der Waals surface area (Å²) in [6.07, 6.45) is 6.14. The molecule has 56 heavy (non-hydrogen) atoms. The van der Waals surface area contributed by atoms with Crippen LogP contribution in [0.15, 0.2) is 67.3 Å². The highest BCUT2D eigenvalue weighted by molar-refractivity contribution is 7.90. The number of aromatic nitrogens is 4. The van der Waals surface area contributed by atoms with E-state index >= 15 is 4.39 Å². The maximum Gasteiger partial charge on any atom is 0.301 e. The number of nitrogens with one attached hydrogen (secondary N) is 2. The lowest BCUT2D eigenvalue weighted by atomic mass is 9.72. The number of carbonyl (C=O) groups excluding carboxylic acids is 2. The first-order valence-corrected chi connectivity index (χ1v) is 19.7. The van der Waals surface area contributed by atoms with Crippen LogP contribution < -0.4 is 20.3 Å². The van der Waals surface area contributed by atoms with Gasteiger partial charge in [0, 0.05) is 130 Å². The third-order valence-electron chi connectivity index (χ3n) is 10.9. The van der Waals surface area contributed by atoms with Gasteiger partial charge in [-0.05, 0) is 42.5 Å². The van der Waals surface area contributed by atoms with E-state index in [1.165, 1.54) is 18.9 Å². The zero-order valence-corrected chi connectivity index (χ0v) is 31.7. The minimum Gasteiger partial charge on any atom is -0.399 e. The first-order valence-electron chi connectivity index (χ1n) is 18.2. The van der Waals surface area contributed by atoms with E-state index in [9.17, 15) is 22.4 Å². The summed E-state index contributed by atoms with van der Waals surface area (Å²) in [5.41, 5.74) is 7.96. The number of anilines is 4. The van der Waals surface area contributed by atoms with Crippen molar-refractivity contribution in [2.45, 2.75) is 6.92 Å². The number of nitrogen functional groups attached to an aromatic ring is 1. The average Bonchev–Trinajstić information content (AvgIpc) is 3.60. The molecule has 0 unspecified atom stereocenters. The largest absolute Gasteiger partial charge is 0.399 e. The van der Waals surface area contributed by atoms with Crippen molar-refractivity contribution in [2.75, 3.05) is 92.8 Å². The molecule has 3 saturated heterocycles. The number of nitrogens with zero attached hydrogens (tertiary/aromatic N) is 8. The van der Waals surface area contributed by atoms with Crippen molar-refractivity contribution >= 4 is 55.9 Å². The first-order chi connectivity index (χ1) is 26.8. The normalized spacial score (nSPS) is 17.0. The Bertz CT molecular complexity index is 2410. The lowest BCUT2D eigenvalue weighted by molar-refractivity contribution is -0.136. The van der Waals surface area contributed by atoms with Gasteiger partial charge in [0.1, 0.15) is 11.5 Å². The molecule has 3 aliphatic heterocycles. The molecule has 15 nitrogen and oxygen atoms in total. The highest BCUT2D eigenvalue weighted by Gasteiger charge is 2.52. The predicted octanol–water partition coefficient (Wildman–Crippen LogP) is 3.19. The number of piperazine rings is 1. The topological polar surface area (TPSA) is 177 Å². The second kappa shape index (κ2) is 14.4. The molecule has 1 amide bonds. The Morgan fingerprint density at radius 2 is 1.61 bits per heavy atom. The third-order valence-corrected chi connectivity index (χ3v) is 12.4. The number of pyridine rings is 1. The lowest BCUT2D eigenvalue weighted by Crippen LogP contribution is -2.73. The number of rotatable bonds is 11. The molecule has 2 aromatic carbocycles. The zero-order chi connectivity index (χ0) is 39.4. The fourth-order valence-corrected chi connectivity index (χ4v) is 8.57. The van der Waals surface area contributed by atoms with Gasteiger partial charge in [0.05, 0.1) is 17.8 Å². The van der Waals surface area contributed by atoms with E-state index in [1.807, 2.05) is 34.1 Å². The highest BCUT2D eigenvalue weighted by Crippen LogP contribution is 2.42. The lowest BCUT2D eigenvalue weighted by Gasteiger charge is -2.61. The summed E-state index contributed by atoms with van der Waals surface area (Å²) in [6, 6.07) is 11.4. The molecule has 0 aliphatic carbocycles. The van der Waals surface area contributed by atoms with Gasteiger partial charge in [0.15, 0.2) is 5.82 Å². The van der Waals surface area contributed by atoms with Gasteiger partial charge < -0.3 is 25.4 Å². The van der Waals surface area contributed by atoms with Crippen LogP contribution in [0, 0.1) is 17.0 Å². The Balaban J connectivity index is 0.875. The summed E-state index contributed by atoms with van der Waals surface area (Å²) in [5, 5.41) is 0.300. The van der Waals surface area contributed by atoms with Gasteiger partial charge in [-0.1, -0.05) is 6.92 Å². The maximum atomic E-state index is 15.6. The van der Waals surface area contributed by atoms with Crippen LogP contribution in [-0.2, 0) is 15.0 Å². The summed E-state index contributed by atoms with van der Waals surface area (Å²) in [5.74, 6) is -2.84. The SMILES string of the molecule is CCN(C)S(=O)(=O)Nc1ccc(F)c(C(=O)c2c[nH]c3ncc(-c4cnc(N5CCN(C(=O)CN6CC7(C6)CN(c6ccc(N)cc6)C7)CC5)nc4)cc23)c1F. The van der Waals surface area contributed by atoms with Crippen LogP contribution in [-0.4, -0.2) is 127 Å². The molecule has 8 rings (SSSR count). The van der Waals surface area contributed by atoms with Crippen molar-refractivity contribution in [2.24, 2.45) is 5.41 Å². The third kappa shape index (κ3) is 6.99. The highest BCUT2D eigenvalue weighted by atomic mass is 32.2. The van der Waals surface area contributed by atoms with E-state index in [0.717, 1.165) is 48.3 Å². The number of nitrogens with two attached hydrogens (primary N) is 1. The summed E-state index contributed by atoms with van der Waals surface area (Å²) >= 11 is 0. The molecule has 0 bridgehead atoms. The molecule has 292 valence electrons. The van der Waals surface area contributed by atoms with E-state index in [2.05, 4.69) is 34.5 Å². The van der Waals surface area contributed by atoms with Gasteiger partial charge in [-0.2, -0.15) is 12.7 Å². The Hall–Kier alpha value is -5.72. The molecule has 6 heterocycles. The van der Waals surface area contributed by atoms with Gasteiger partial charge in [-0.3, -0.25) is 19.2 Å². The number of aromatic amines is 1. The number of carbonyl (C=O) groups is 2. The Morgan fingerprint density at radius 1 is 0.929 bits per heavy atom. The Kier molecular flexibility index (Phi) is 9.58. The molecule has 5 aromatic rings. The molecule has 3 aliphatic rings. The smallest absolute Gasteiger partial charge is 0.301 e. The van der Waals surface area contributed by atoms with E-state index < -0.39 is 38.9 Å². The number of likely N-dealkylation sites (tertiary alicyclic amines) is 1. The van der Waals surface area contributed by atoms with E-state index in [-0.39, 0.29) is 23.4 Å². The number of halogens is 2. The number of amides is 1. The molecule has 18 heteroatoms. The number of H-pyrrole nitrogens is 1. The Labute approximate surface area is 322 Å². The molecule has 0 saturated carbocycles. The number of fused-ring (bicyclic) bond motifs is 1. The average molecular weight is 786 g/mol. The summed E-state index contributed by atoms with van der Waals surface area (Å²) < 4.78 is 58.6. The molecule has 3 aromatic heterocycles. The monoisotopic (exact) mass is 785 g/mol. The van der Waals surface area contributed by atoms with Crippen LogP contribution in [0.3, 0.4) is 0 Å². The van der Waals surface area contributed by atoms with Crippen molar-refractivity contribution in [3.05, 3.63) is 90.0 Å². The van der Waals surface area contributed by atoms with Gasteiger partial charge in [0.2, 0.25) is 17.6 Å². The van der Waals surface area contributed by atoms with Crippen molar-refractivity contribution in [3.63, 3.8) is 0 Å². The molecule has 4 N–H and O–H groups in total. The van der Waals surface area contributed by atoms with Crippen LogP contribution >= 0.6 is 0 Å². The first kappa shape index (κ1) is 37.2. The minimum absolute atomic E-state index is 0.0551. The zero-order valence-electron chi connectivity index (χ0n) is 30.9. The molecule has 3 fully saturated rings. The number of benzene rings is 2. The van der Waals surface area contributed by atoms with Crippen LogP contribution in [0.25, 0.3) is 22.2 Å². The van der Waals surface area contributed by atoms with Crippen molar-refractivity contribution in [1.82, 2.24) is 34.0 Å². The second-order valence-electron chi connectivity index (χ2n) is 14.7. The quantitative estimate of drug-likeness (QED) is 0.133. The van der Waals surface area contributed by atoms with E-state index in [0.29, 0.717) is 60.8 Å². The van der Waals surface area contributed by atoms with Crippen LogP contribution in [0.4, 0.5) is 31.8 Å². The molecule has 0 atom stereocenters. The predicted molar refractivity (Wildman–Crippen MR) is 208 cm³/mol. The van der Waals surface area contributed by atoms with Crippen molar-refractivity contribution in [1.29, 1.82) is 0 Å². The Morgan fingerprint density at radius 3 is 2.29 bits per heavy atom. The summed E-state index contributed by atoms with van der Waals surface area (Å²) in [7, 11) is -2.84. The molecular weight excluding hydrogens is 745 g/mol. The van der Waals surface area contributed by atoms with Gasteiger partial charge in [-0.25, -0.2) is 23.7 Å². The fraction of sp³-hybridized carbons (Fsp3) is 0.342. The molecule has 0 radical (unpaired) electrons. The summed E-state index contributed by atoms with van der Waals surface area (Å²) in [4.78, 5) is 51.6. The van der Waals surface area contributed by atoms with Gasteiger partial charge in [0.25, 0.3) is 0 Å². The second-order valence-corrected chi connectivity index (χ2v) is 16.5. The van der Waals surface area contributed by atoms with Gasteiger partial charge >= 0.3 is 10.2 Å². The standard InChI is InChI=1S/C38H41F2N11O4S/c1-3-47(2)56(54,55)46-31-9-8-30(39)33(34(31)40)35(53)29-18-43-36-28(29)14-24(15-42-36)25-16-44-37(45-17-25)50-12-10-49(11-13-50)32(52)19-48-20-38(21-48)22-51(23-38)27-6-4-26(41)5-7-27/h4-9,14-18,46H,3,10-13,19-23,41H2,1-2H3,(H,42,43).